The number of carbonyl (C=O) groups excluding carboxylic acids is 1. The first-order valence-corrected chi connectivity index (χ1v) is 9.73. The molecular weight excluding hydrogens is 437 g/mol. The van der Waals surface area contributed by atoms with Gasteiger partial charge in [-0.05, 0) is 23.8 Å². The van der Waals surface area contributed by atoms with Gasteiger partial charge in [-0.3, -0.25) is 14.5 Å². The predicted octanol–water partition coefficient (Wildman–Crippen LogP) is 3.66. The number of pyridine rings is 1. The Morgan fingerprint density at radius 2 is 1.94 bits per heavy atom. The van der Waals surface area contributed by atoms with Gasteiger partial charge in [-0.2, -0.15) is 13.2 Å². The van der Waals surface area contributed by atoms with E-state index in [-0.39, 0.29) is 18.1 Å². The number of aromatic nitrogens is 1. The van der Waals surface area contributed by atoms with Gasteiger partial charge in [0.25, 0.3) is 0 Å². The molecule has 1 amide bonds. The third-order valence-electron chi connectivity index (χ3n) is 4.85. The third kappa shape index (κ3) is 5.65. The molecule has 1 fully saturated rings. The molecule has 0 bridgehead atoms. The van der Waals surface area contributed by atoms with Crippen LogP contribution < -0.4 is 10.2 Å². The molecule has 1 aromatic carbocycles. The topological polar surface area (TPSA) is 85.8 Å². The Kier molecular flexibility index (Phi) is 6.71. The summed E-state index contributed by atoms with van der Waals surface area (Å²) in [6.07, 6.45) is -3.89. The van der Waals surface area contributed by atoms with Gasteiger partial charge in [0, 0.05) is 37.8 Å². The van der Waals surface area contributed by atoms with Crippen molar-refractivity contribution in [3.8, 4) is 0 Å². The number of nitrogens with one attached hydrogen (secondary N) is 1. The van der Waals surface area contributed by atoms with Crippen molar-refractivity contribution in [1.82, 2.24) is 9.88 Å². The van der Waals surface area contributed by atoms with E-state index in [0.717, 1.165) is 17.8 Å². The van der Waals surface area contributed by atoms with Crippen molar-refractivity contribution in [2.45, 2.75) is 19.1 Å². The van der Waals surface area contributed by atoms with Crippen molar-refractivity contribution < 1.29 is 27.9 Å². The van der Waals surface area contributed by atoms with Crippen LogP contribution in [0.5, 0.6) is 0 Å². The van der Waals surface area contributed by atoms with E-state index in [9.17, 15) is 22.8 Å². The predicted molar refractivity (Wildman–Crippen MR) is 109 cm³/mol. The van der Waals surface area contributed by atoms with Crippen LogP contribution in [0.2, 0.25) is 5.02 Å². The first kappa shape index (κ1) is 22.8. The molecule has 3 rings (SSSR count). The second kappa shape index (κ2) is 9.11. The molecule has 2 heterocycles. The fourth-order valence-corrected chi connectivity index (χ4v) is 3.65. The van der Waals surface area contributed by atoms with Gasteiger partial charge < -0.3 is 15.3 Å². The number of nitrogens with zero attached hydrogens (tertiary/aromatic N) is 3. The zero-order chi connectivity index (χ0) is 22.8. The van der Waals surface area contributed by atoms with E-state index in [2.05, 4.69) is 10.3 Å². The van der Waals surface area contributed by atoms with E-state index in [1.54, 1.807) is 34.1 Å². The van der Waals surface area contributed by atoms with Gasteiger partial charge >= 0.3 is 12.1 Å². The minimum absolute atomic E-state index is 0.0621. The van der Waals surface area contributed by atoms with Crippen molar-refractivity contribution in [3.05, 3.63) is 52.7 Å². The molecule has 0 spiro atoms. The van der Waals surface area contributed by atoms with Gasteiger partial charge in [0.05, 0.1) is 23.8 Å². The lowest BCUT2D eigenvalue weighted by Crippen LogP contribution is -2.50. The van der Waals surface area contributed by atoms with Gasteiger partial charge in [-0.25, -0.2) is 4.98 Å². The zero-order valence-corrected chi connectivity index (χ0v) is 17.2. The summed E-state index contributed by atoms with van der Waals surface area (Å²) in [7, 11) is 0. The minimum Gasteiger partial charge on any atom is -0.480 e. The molecule has 1 aliphatic heterocycles. The molecule has 1 aromatic heterocycles. The highest BCUT2D eigenvalue weighted by atomic mass is 35.5. The summed E-state index contributed by atoms with van der Waals surface area (Å²) >= 11 is 5.98. The normalized spacial score (nSPS) is 17.5. The number of carboxylic acids is 1. The SMILES string of the molecule is CC(=O)Nc1cc(C(F)(F)F)cnc1N1CCN(CC(=O)O)CC1c1ccc(Cl)cc1. The van der Waals surface area contributed by atoms with Crippen LogP contribution in [-0.4, -0.2) is 53.0 Å². The smallest absolute Gasteiger partial charge is 0.417 e. The Hall–Kier alpha value is -2.85. The van der Waals surface area contributed by atoms with Crippen molar-refractivity contribution in [2.24, 2.45) is 0 Å². The molecule has 166 valence electrons. The molecule has 0 saturated carbocycles. The standard InChI is InChI=1S/C20H20ClF3N4O3/c1-12(29)26-16-8-14(20(22,23)24)9-25-19(16)28-7-6-27(11-18(30)31)10-17(28)13-2-4-15(21)5-3-13/h2-5,8-9,17H,6-7,10-11H2,1H3,(H,26,29)(H,30,31). The fraction of sp³-hybridized carbons (Fsp3) is 0.350. The second-order valence-corrected chi connectivity index (χ2v) is 7.60. The zero-order valence-electron chi connectivity index (χ0n) is 16.5. The molecule has 31 heavy (non-hydrogen) atoms. The number of carbonyl (C=O) groups is 2. The number of alkyl halides is 3. The third-order valence-corrected chi connectivity index (χ3v) is 5.11. The number of benzene rings is 1. The van der Waals surface area contributed by atoms with Crippen LogP contribution in [0.25, 0.3) is 0 Å². The summed E-state index contributed by atoms with van der Waals surface area (Å²) in [5.74, 6) is -1.33. The fourth-order valence-electron chi connectivity index (χ4n) is 3.52. The highest BCUT2D eigenvalue weighted by molar-refractivity contribution is 6.30. The highest BCUT2D eigenvalue weighted by Gasteiger charge is 2.35. The van der Waals surface area contributed by atoms with E-state index in [4.69, 9.17) is 16.7 Å². The van der Waals surface area contributed by atoms with Crippen molar-refractivity contribution in [3.63, 3.8) is 0 Å². The summed E-state index contributed by atoms with van der Waals surface area (Å²) in [5.41, 5.74) is -0.254. The lowest BCUT2D eigenvalue weighted by molar-refractivity contribution is -0.139. The molecule has 11 heteroatoms. The van der Waals surface area contributed by atoms with Gasteiger partial charge in [0.1, 0.15) is 0 Å². The van der Waals surface area contributed by atoms with Crippen LogP contribution in [0.1, 0.15) is 24.1 Å². The molecule has 2 aromatic rings. The average Bonchev–Trinajstić information content (AvgIpc) is 2.67. The summed E-state index contributed by atoms with van der Waals surface area (Å²) in [5, 5.41) is 12.1. The van der Waals surface area contributed by atoms with E-state index in [0.29, 0.717) is 24.7 Å². The number of hydrogen-bond acceptors (Lipinski definition) is 5. The lowest BCUT2D eigenvalue weighted by Gasteiger charge is -2.42. The second-order valence-electron chi connectivity index (χ2n) is 7.16. The van der Waals surface area contributed by atoms with E-state index in [1.807, 2.05) is 0 Å². The Morgan fingerprint density at radius 1 is 1.26 bits per heavy atom. The van der Waals surface area contributed by atoms with Crippen LogP contribution in [0.15, 0.2) is 36.5 Å². The number of amides is 1. The maximum atomic E-state index is 13.2. The molecule has 2 N–H and O–H groups in total. The number of rotatable bonds is 5. The van der Waals surface area contributed by atoms with Gasteiger partial charge in [0.15, 0.2) is 5.82 Å². The van der Waals surface area contributed by atoms with Crippen molar-refractivity contribution >= 4 is 35.0 Å². The number of anilines is 2. The molecular formula is C20H20ClF3N4O3. The Morgan fingerprint density at radius 3 is 2.52 bits per heavy atom. The van der Waals surface area contributed by atoms with Gasteiger partial charge in [0.2, 0.25) is 5.91 Å². The summed E-state index contributed by atoms with van der Waals surface area (Å²) in [6.45, 7) is 1.99. The monoisotopic (exact) mass is 456 g/mol. The number of carboxylic acid groups (broad SMARTS) is 1. The summed E-state index contributed by atoms with van der Waals surface area (Å²) in [4.78, 5) is 30.4. The van der Waals surface area contributed by atoms with Gasteiger partial charge in [-0.15, -0.1) is 0 Å². The molecule has 1 saturated heterocycles. The lowest BCUT2D eigenvalue weighted by atomic mass is 10.0. The first-order chi connectivity index (χ1) is 14.5. The molecule has 1 atom stereocenters. The Balaban J connectivity index is 2.04. The summed E-state index contributed by atoms with van der Waals surface area (Å²) in [6, 6.07) is 7.34. The number of aliphatic carboxylic acids is 1. The minimum atomic E-state index is -4.62. The van der Waals surface area contributed by atoms with Crippen LogP contribution in [-0.2, 0) is 15.8 Å². The van der Waals surface area contributed by atoms with E-state index >= 15 is 0 Å². The maximum Gasteiger partial charge on any atom is 0.417 e. The van der Waals surface area contributed by atoms with E-state index < -0.39 is 29.7 Å². The molecule has 0 aliphatic carbocycles. The maximum absolute atomic E-state index is 13.2. The highest BCUT2D eigenvalue weighted by Crippen LogP contribution is 2.38. The first-order valence-electron chi connectivity index (χ1n) is 9.35. The van der Waals surface area contributed by atoms with Crippen LogP contribution >= 0.6 is 11.6 Å². The van der Waals surface area contributed by atoms with E-state index in [1.165, 1.54) is 6.92 Å². The van der Waals surface area contributed by atoms with Crippen molar-refractivity contribution in [1.29, 1.82) is 0 Å². The molecule has 7 nitrogen and oxygen atoms in total. The van der Waals surface area contributed by atoms with Crippen molar-refractivity contribution in [2.75, 3.05) is 36.4 Å². The number of halogens is 4. The van der Waals surface area contributed by atoms with Crippen LogP contribution in [0.4, 0.5) is 24.7 Å². The largest absolute Gasteiger partial charge is 0.480 e. The summed E-state index contributed by atoms with van der Waals surface area (Å²) < 4.78 is 39.6. The van der Waals surface area contributed by atoms with Crippen LogP contribution in [0, 0.1) is 0 Å². The Labute approximate surface area is 181 Å². The number of hydrogen-bond donors (Lipinski definition) is 2. The Bertz CT molecular complexity index is 969. The molecule has 1 aliphatic rings. The molecule has 1 unspecified atom stereocenters. The quantitative estimate of drug-likeness (QED) is 0.714. The molecule has 0 radical (unpaired) electrons. The average molecular weight is 457 g/mol. The van der Waals surface area contributed by atoms with Gasteiger partial charge in [-0.1, -0.05) is 23.7 Å². The van der Waals surface area contributed by atoms with Crippen LogP contribution in [0.3, 0.4) is 0 Å². The number of piperazine rings is 1.